The fourth-order valence-corrected chi connectivity index (χ4v) is 2.29. The van der Waals surface area contributed by atoms with Crippen molar-refractivity contribution in [2.45, 2.75) is 52.9 Å². The number of hydrogen-bond donors (Lipinski definition) is 2. The minimum atomic E-state index is -0.324. The summed E-state index contributed by atoms with van der Waals surface area (Å²) in [5, 5.41) is 9.54. The molecule has 0 bridgehead atoms. The van der Waals surface area contributed by atoms with Crippen LogP contribution in [0, 0.1) is 6.92 Å². The van der Waals surface area contributed by atoms with Gasteiger partial charge in [0.05, 0.1) is 0 Å². The van der Waals surface area contributed by atoms with E-state index in [-0.39, 0.29) is 11.4 Å². The number of anilines is 2. The monoisotopic (exact) mass is 315 g/mol. The van der Waals surface area contributed by atoms with Gasteiger partial charge in [-0.2, -0.15) is 0 Å². The highest BCUT2D eigenvalue weighted by Gasteiger charge is 2.20. The quantitative estimate of drug-likeness (QED) is 0.833. The van der Waals surface area contributed by atoms with Gasteiger partial charge in [-0.25, -0.2) is 4.79 Å². The average Bonchev–Trinajstić information content (AvgIpc) is 2.89. The van der Waals surface area contributed by atoms with Crippen LogP contribution in [0.25, 0.3) is 0 Å². The number of hydrogen-bond acceptors (Lipinski definition) is 3. The number of nitrogens with one attached hydrogen (secondary N) is 2. The summed E-state index contributed by atoms with van der Waals surface area (Å²) in [4.78, 5) is 12.3. The van der Waals surface area contributed by atoms with Crippen LogP contribution in [0.5, 0.6) is 0 Å². The summed E-state index contributed by atoms with van der Waals surface area (Å²) in [6.45, 7) is 12.3. The third kappa shape index (κ3) is 4.12. The van der Waals surface area contributed by atoms with Crippen molar-refractivity contribution in [1.29, 1.82) is 0 Å². The number of carbonyl (C=O) groups excluding carboxylic acids is 1. The fourth-order valence-electron chi connectivity index (χ4n) is 2.29. The van der Waals surface area contributed by atoms with Gasteiger partial charge in [0.1, 0.15) is 5.76 Å². The molecule has 5 nitrogen and oxygen atoms in total. The first kappa shape index (κ1) is 17.1. The molecule has 0 saturated heterocycles. The number of rotatable bonds is 3. The van der Waals surface area contributed by atoms with Crippen LogP contribution >= 0.6 is 0 Å². The molecule has 0 radical (unpaired) electrons. The molecule has 0 aliphatic carbocycles. The zero-order valence-corrected chi connectivity index (χ0v) is 14.7. The van der Waals surface area contributed by atoms with E-state index in [2.05, 4.69) is 29.6 Å². The highest BCUT2D eigenvalue weighted by molar-refractivity contribution is 6.00. The predicted octanol–water partition coefficient (Wildman–Crippen LogP) is 5.05. The van der Waals surface area contributed by atoms with E-state index in [1.807, 2.05) is 45.9 Å². The second-order valence-corrected chi connectivity index (χ2v) is 7.10. The van der Waals surface area contributed by atoms with Gasteiger partial charge in [0.2, 0.25) is 0 Å². The van der Waals surface area contributed by atoms with Crippen molar-refractivity contribution < 1.29 is 9.32 Å². The Bertz CT molecular complexity index is 697. The largest absolute Gasteiger partial charge is 0.359 e. The van der Waals surface area contributed by atoms with E-state index in [0.29, 0.717) is 11.7 Å². The summed E-state index contributed by atoms with van der Waals surface area (Å²) >= 11 is 0. The zero-order valence-electron chi connectivity index (χ0n) is 14.7. The summed E-state index contributed by atoms with van der Waals surface area (Å²) in [6.07, 6.45) is 0. The molecule has 0 aliphatic heterocycles. The second kappa shape index (κ2) is 6.44. The van der Waals surface area contributed by atoms with Gasteiger partial charge in [0.15, 0.2) is 5.82 Å². The highest BCUT2D eigenvalue weighted by atomic mass is 16.5. The minimum absolute atomic E-state index is 0.149. The average molecular weight is 315 g/mol. The second-order valence-electron chi connectivity index (χ2n) is 7.10. The number of nitrogens with zero attached hydrogens (tertiary/aromatic N) is 1. The lowest BCUT2D eigenvalue weighted by Crippen LogP contribution is -2.21. The highest BCUT2D eigenvalue weighted by Crippen LogP contribution is 2.28. The Balaban J connectivity index is 2.13. The standard InChI is InChI=1S/C18H25N3O2/c1-11(2)13-9-7-8-12(3)16(13)20-17(22)19-15-10-14(23-21-15)18(4,5)6/h7-11H,1-6H3,(H2,19,20,21,22). The van der Waals surface area contributed by atoms with Gasteiger partial charge >= 0.3 is 6.03 Å². The van der Waals surface area contributed by atoms with Gasteiger partial charge in [0, 0.05) is 17.2 Å². The third-order valence-electron chi connectivity index (χ3n) is 3.66. The van der Waals surface area contributed by atoms with E-state index in [1.54, 1.807) is 6.07 Å². The number of carbonyl (C=O) groups is 1. The summed E-state index contributed by atoms with van der Waals surface area (Å²) in [5.74, 6) is 1.46. The zero-order chi connectivity index (χ0) is 17.2. The van der Waals surface area contributed by atoms with Gasteiger partial charge < -0.3 is 9.84 Å². The normalized spacial score (nSPS) is 11.6. The van der Waals surface area contributed by atoms with Crippen LogP contribution in [0.2, 0.25) is 0 Å². The van der Waals surface area contributed by atoms with E-state index in [9.17, 15) is 4.79 Å². The molecule has 124 valence electrons. The molecule has 0 unspecified atom stereocenters. The van der Waals surface area contributed by atoms with Gasteiger partial charge in [-0.15, -0.1) is 0 Å². The van der Waals surface area contributed by atoms with Crippen LogP contribution in [0.1, 0.15) is 57.4 Å². The molecule has 1 aromatic carbocycles. The molecule has 2 rings (SSSR count). The minimum Gasteiger partial charge on any atom is -0.359 e. The maximum absolute atomic E-state index is 12.3. The van der Waals surface area contributed by atoms with E-state index in [0.717, 1.165) is 22.6 Å². The molecule has 0 spiro atoms. The van der Waals surface area contributed by atoms with Gasteiger partial charge in [-0.05, 0) is 24.0 Å². The van der Waals surface area contributed by atoms with Crippen LogP contribution in [0.15, 0.2) is 28.8 Å². The molecule has 1 heterocycles. The number of aryl methyl sites for hydroxylation is 1. The van der Waals surface area contributed by atoms with E-state index in [1.165, 1.54) is 0 Å². The van der Waals surface area contributed by atoms with Crippen LogP contribution in [-0.4, -0.2) is 11.2 Å². The first-order valence-electron chi connectivity index (χ1n) is 7.83. The van der Waals surface area contributed by atoms with E-state index in [4.69, 9.17) is 4.52 Å². The number of urea groups is 1. The lowest BCUT2D eigenvalue weighted by atomic mass is 9.93. The lowest BCUT2D eigenvalue weighted by molar-refractivity contribution is 0.261. The molecule has 0 fully saturated rings. The van der Waals surface area contributed by atoms with Crippen molar-refractivity contribution in [1.82, 2.24) is 5.16 Å². The molecule has 5 heteroatoms. The van der Waals surface area contributed by atoms with Crippen molar-refractivity contribution >= 4 is 17.5 Å². The summed E-state index contributed by atoms with van der Waals surface area (Å²) in [5.41, 5.74) is 2.83. The molecule has 2 amide bonds. The maximum atomic E-state index is 12.3. The van der Waals surface area contributed by atoms with Crippen LogP contribution < -0.4 is 10.6 Å². The Morgan fingerprint density at radius 1 is 1.22 bits per heavy atom. The first-order valence-corrected chi connectivity index (χ1v) is 7.83. The van der Waals surface area contributed by atoms with Crippen LogP contribution in [-0.2, 0) is 5.41 Å². The Morgan fingerprint density at radius 3 is 2.48 bits per heavy atom. The molecular weight excluding hydrogens is 290 g/mol. The smallest absolute Gasteiger partial charge is 0.324 e. The fraction of sp³-hybridized carbons (Fsp3) is 0.444. The molecule has 1 aromatic heterocycles. The Morgan fingerprint density at radius 2 is 1.91 bits per heavy atom. The Kier molecular flexibility index (Phi) is 4.78. The number of amides is 2. The molecule has 0 saturated carbocycles. The molecule has 2 N–H and O–H groups in total. The predicted molar refractivity (Wildman–Crippen MR) is 93.1 cm³/mol. The molecule has 2 aromatic rings. The SMILES string of the molecule is Cc1cccc(C(C)C)c1NC(=O)Nc1cc(C(C)(C)C)on1. The van der Waals surface area contributed by atoms with Crippen molar-refractivity contribution in [3.8, 4) is 0 Å². The molecule has 0 aliphatic rings. The van der Waals surface area contributed by atoms with Crippen molar-refractivity contribution in [2.24, 2.45) is 0 Å². The van der Waals surface area contributed by atoms with Gasteiger partial charge in [-0.1, -0.05) is 58.0 Å². The van der Waals surface area contributed by atoms with E-state index >= 15 is 0 Å². The van der Waals surface area contributed by atoms with Gasteiger partial charge in [0.25, 0.3) is 0 Å². The van der Waals surface area contributed by atoms with E-state index < -0.39 is 0 Å². The topological polar surface area (TPSA) is 67.2 Å². The number of benzene rings is 1. The number of aromatic nitrogens is 1. The first-order chi connectivity index (χ1) is 10.7. The summed E-state index contributed by atoms with van der Waals surface area (Å²) in [6, 6.07) is 7.44. The summed E-state index contributed by atoms with van der Waals surface area (Å²) in [7, 11) is 0. The molecular formula is C18H25N3O2. The van der Waals surface area contributed by atoms with Crippen molar-refractivity contribution in [3.05, 3.63) is 41.2 Å². The maximum Gasteiger partial charge on any atom is 0.324 e. The number of para-hydroxylation sites is 1. The Labute approximate surface area is 137 Å². The molecule has 0 atom stereocenters. The van der Waals surface area contributed by atoms with Crippen molar-refractivity contribution in [2.75, 3.05) is 10.6 Å². The van der Waals surface area contributed by atoms with Gasteiger partial charge in [-0.3, -0.25) is 5.32 Å². The van der Waals surface area contributed by atoms with Crippen LogP contribution in [0.3, 0.4) is 0 Å². The lowest BCUT2D eigenvalue weighted by Gasteiger charge is -2.16. The molecule has 23 heavy (non-hydrogen) atoms. The summed E-state index contributed by atoms with van der Waals surface area (Å²) < 4.78 is 5.27. The van der Waals surface area contributed by atoms with Crippen molar-refractivity contribution in [3.63, 3.8) is 0 Å². The third-order valence-corrected chi connectivity index (χ3v) is 3.66. The Hall–Kier alpha value is -2.30. The van der Waals surface area contributed by atoms with Crippen LogP contribution in [0.4, 0.5) is 16.3 Å².